The molecule has 2 unspecified atom stereocenters. The molecule has 0 saturated heterocycles. The number of aliphatic hydroxyl groups is 1. The van der Waals surface area contributed by atoms with E-state index < -0.39 is 23.6 Å². The Kier molecular flexibility index (Phi) is 7.57. The molecule has 21 heavy (non-hydrogen) atoms. The van der Waals surface area contributed by atoms with E-state index in [1.165, 1.54) is 0 Å². The minimum absolute atomic E-state index is 0.429. The van der Waals surface area contributed by atoms with Gasteiger partial charge in [-0.2, -0.15) is 0 Å². The number of nitrogens with zero attached hydrogens (tertiary/aromatic N) is 1. The normalized spacial score (nSPS) is 14.6. The van der Waals surface area contributed by atoms with Crippen molar-refractivity contribution in [2.24, 2.45) is 5.84 Å². The molecule has 5 N–H and O–H groups in total. The summed E-state index contributed by atoms with van der Waals surface area (Å²) < 4.78 is 0. The van der Waals surface area contributed by atoms with Crippen molar-refractivity contribution in [2.75, 3.05) is 7.05 Å². The van der Waals surface area contributed by atoms with Gasteiger partial charge in [-0.3, -0.25) is 5.84 Å². The zero-order chi connectivity index (χ0) is 16.6. The van der Waals surface area contributed by atoms with Crippen LogP contribution >= 0.6 is 0 Å². The van der Waals surface area contributed by atoms with Crippen molar-refractivity contribution in [3.63, 3.8) is 0 Å². The SMILES string of the molecule is CCC(C)(C(O)c1ccccc1)N(C)N.O=C(O)C(=O)O. The number of hydrazine groups is 1. The Bertz CT molecular complexity index is 452. The van der Waals surface area contributed by atoms with Gasteiger partial charge in [-0.25, -0.2) is 14.6 Å². The smallest absolute Gasteiger partial charge is 0.414 e. The predicted octanol–water partition coefficient (Wildman–Crippen LogP) is 0.850. The fourth-order valence-electron chi connectivity index (χ4n) is 1.63. The molecule has 0 spiro atoms. The lowest BCUT2D eigenvalue weighted by molar-refractivity contribution is -0.159. The van der Waals surface area contributed by atoms with Gasteiger partial charge >= 0.3 is 11.9 Å². The van der Waals surface area contributed by atoms with Gasteiger partial charge in [0, 0.05) is 7.05 Å². The first-order valence-electron chi connectivity index (χ1n) is 6.34. The minimum Gasteiger partial charge on any atom is -0.473 e. The van der Waals surface area contributed by atoms with Crippen LogP contribution in [0.5, 0.6) is 0 Å². The summed E-state index contributed by atoms with van der Waals surface area (Å²) in [5.74, 6) is 2.14. The second kappa shape index (κ2) is 8.35. The fourth-order valence-corrected chi connectivity index (χ4v) is 1.63. The maximum atomic E-state index is 10.3. The number of carboxylic acids is 2. The lowest BCUT2D eigenvalue weighted by Crippen LogP contribution is -2.51. The lowest BCUT2D eigenvalue weighted by Gasteiger charge is -2.39. The van der Waals surface area contributed by atoms with Crippen LogP contribution in [-0.4, -0.2) is 44.9 Å². The number of carboxylic acid groups (broad SMARTS) is 2. The molecular formula is C14H22N2O5. The Hall–Kier alpha value is -1.96. The van der Waals surface area contributed by atoms with Crippen LogP contribution in [0.4, 0.5) is 0 Å². The molecule has 0 aliphatic rings. The number of hydrogen-bond donors (Lipinski definition) is 4. The average Bonchev–Trinajstić information content (AvgIpc) is 2.46. The molecule has 0 aliphatic heterocycles. The zero-order valence-corrected chi connectivity index (χ0v) is 12.4. The number of carbonyl (C=O) groups is 2. The molecule has 0 fully saturated rings. The molecule has 0 amide bonds. The summed E-state index contributed by atoms with van der Waals surface area (Å²) >= 11 is 0. The van der Waals surface area contributed by atoms with Crippen molar-refractivity contribution >= 4 is 11.9 Å². The van der Waals surface area contributed by atoms with Crippen LogP contribution in [0.3, 0.4) is 0 Å². The number of aliphatic hydroxyl groups excluding tert-OH is 1. The number of likely N-dealkylation sites (N-methyl/N-ethyl adjacent to an activating group) is 1. The summed E-state index contributed by atoms with van der Waals surface area (Å²) in [4.78, 5) is 18.2. The largest absolute Gasteiger partial charge is 0.473 e. The highest BCUT2D eigenvalue weighted by Crippen LogP contribution is 2.31. The van der Waals surface area contributed by atoms with E-state index in [0.717, 1.165) is 12.0 Å². The summed E-state index contributed by atoms with van der Waals surface area (Å²) in [7, 11) is 1.79. The van der Waals surface area contributed by atoms with Crippen molar-refractivity contribution in [3.8, 4) is 0 Å². The highest BCUT2D eigenvalue weighted by atomic mass is 16.4. The molecule has 0 bridgehead atoms. The van der Waals surface area contributed by atoms with Gasteiger partial charge in [0.2, 0.25) is 0 Å². The first-order valence-corrected chi connectivity index (χ1v) is 6.34. The third kappa shape index (κ3) is 5.50. The van der Waals surface area contributed by atoms with E-state index in [-0.39, 0.29) is 0 Å². The summed E-state index contributed by atoms with van der Waals surface area (Å²) in [6, 6.07) is 9.62. The van der Waals surface area contributed by atoms with E-state index in [1.807, 2.05) is 44.2 Å². The van der Waals surface area contributed by atoms with E-state index in [9.17, 15) is 5.11 Å². The van der Waals surface area contributed by atoms with Crippen LogP contribution in [0.1, 0.15) is 31.9 Å². The standard InChI is InChI=1S/C12H20N2O.C2H2O4/c1-4-12(2,14(3)13)11(15)10-8-6-5-7-9-10;3-1(4)2(5)6/h5-9,11,15H,4,13H2,1-3H3;(H,3,4)(H,5,6). The summed E-state index contributed by atoms with van der Waals surface area (Å²) in [6.07, 6.45) is 0.217. The topological polar surface area (TPSA) is 124 Å². The third-order valence-electron chi connectivity index (χ3n) is 3.41. The first-order chi connectivity index (χ1) is 9.66. The molecule has 0 heterocycles. The minimum atomic E-state index is -1.82. The molecule has 0 saturated carbocycles. The third-order valence-corrected chi connectivity index (χ3v) is 3.41. The lowest BCUT2D eigenvalue weighted by atomic mass is 9.86. The molecule has 1 aromatic rings. The highest BCUT2D eigenvalue weighted by molar-refractivity contribution is 6.27. The molecule has 7 nitrogen and oxygen atoms in total. The number of benzene rings is 1. The Labute approximate surface area is 123 Å². The van der Waals surface area contributed by atoms with E-state index >= 15 is 0 Å². The van der Waals surface area contributed by atoms with Gasteiger partial charge in [-0.15, -0.1) is 0 Å². The first kappa shape index (κ1) is 19.0. The summed E-state index contributed by atoms with van der Waals surface area (Å²) in [5, 5.41) is 26.7. The maximum absolute atomic E-state index is 10.3. The van der Waals surface area contributed by atoms with E-state index in [0.29, 0.717) is 0 Å². The Balaban J connectivity index is 0.000000567. The van der Waals surface area contributed by atoms with E-state index in [4.69, 9.17) is 25.6 Å². The Morgan fingerprint density at radius 1 is 1.24 bits per heavy atom. The molecular weight excluding hydrogens is 276 g/mol. The van der Waals surface area contributed by atoms with Crippen LogP contribution < -0.4 is 5.84 Å². The van der Waals surface area contributed by atoms with Gasteiger partial charge in [0.05, 0.1) is 11.6 Å². The molecule has 1 aromatic carbocycles. The van der Waals surface area contributed by atoms with Crippen molar-refractivity contribution in [1.29, 1.82) is 0 Å². The van der Waals surface area contributed by atoms with Crippen molar-refractivity contribution < 1.29 is 24.9 Å². The van der Waals surface area contributed by atoms with Crippen LogP contribution in [0.2, 0.25) is 0 Å². The quantitative estimate of drug-likeness (QED) is 0.369. The van der Waals surface area contributed by atoms with Crippen LogP contribution in [0.15, 0.2) is 30.3 Å². The zero-order valence-electron chi connectivity index (χ0n) is 12.4. The average molecular weight is 298 g/mol. The van der Waals surface area contributed by atoms with E-state index in [2.05, 4.69) is 0 Å². The van der Waals surface area contributed by atoms with Gasteiger partial charge in [0.1, 0.15) is 0 Å². The molecule has 7 heteroatoms. The second-order valence-electron chi connectivity index (χ2n) is 4.75. The summed E-state index contributed by atoms with van der Waals surface area (Å²) in [6.45, 7) is 3.99. The van der Waals surface area contributed by atoms with Crippen molar-refractivity contribution in [3.05, 3.63) is 35.9 Å². The molecule has 0 aliphatic carbocycles. The van der Waals surface area contributed by atoms with Gasteiger partial charge in [0.15, 0.2) is 0 Å². The Morgan fingerprint density at radius 2 is 1.67 bits per heavy atom. The van der Waals surface area contributed by atoms with Crippen molar-refractivity contribution in [1.82, 2.24) is 5.01 Å². The molecule has 2 atom stereocenters. The molecule has 118 valence electrons. The second-order valence-corrected chi connectivity index (χ2v) is 4.75. The number of rotatable bonds is 4. The van der Waals surface area contributed by atoms with Crippen LogP contribution in [0.25, 0.3) is 0 Å². The number of aliphatic carboxylic acids is 2. The van der Waals surface area contributed by atoms with Crippen molar-refractivity contribution in [2.45, 2.75) is 31.9 Å². The maximum Gasteiger partial charge on any atom is 0.414 e. The highest BCUT2D eigenvalue weighted by Gasteiger charge is 2.34. The van der Waals surface area contributed by atoms with Gasteiger partial charge in [0.25, 0.3) is 0 Å². The molecule has 0 radical (unpaired) electrons. The monoisotopic (exact) mass is 298 g/mol. The van der Waals surface area contributed by atoms with Gasteiger partial charge in [-0.1, -0.05) is 37.3 Å². The number of nitrogens with two attached hydrogens (primary N) is 1. The fraction of sp³-hybridized carbons (Fsp3) is 0.429. The van der Waals surface area contributed by atoms with Crippen LogP contribution in [0, 0.1) is 0 Å². The van der Waals surface area contributed by atoms with E-state index in [1.54, 1.807) is 12.1 Å². The van der Waals surface area contributed by atoms with Crippen LogP contribution in [-0.2, 0) is 9.59 Å². The van der Waals surface area contributed by atoms with Gasteiger partial charge in [-0.05, 0) is 18.9 Å². The molecule has 1 rings (SSSR count). The number of hydrogen-bond acceptors (Lipinski definition) is 5. The predicted molar refractivity (Wildman–Crippen MR) is 77.3 cm³/mol. The molecule has 0 aromatic heterocycles. The Morgan fingerprint density at radius 3 is 1.95 bits per heavy atom. The van der Waals surface area contributed by atoms with Gasteiger partial charge < -0.3 is 15.3 Å². The summed E-state index contributed by atoms with van der Waals surface area (Å²) in [5.41, 5.74) is 0.473.